The van der Waals surface area contributed by atoms with Crippen LogP contribution in [0.15, 0.2) is 18.2 Å². The van der Waals surface area contributed by atoms with E-state index < -0.39 is 0 Å². The molecule has 3 atom stereocenters. The quantitative estimate of drug-likeness (QED) is 0.918. The van der Waals surface area contributed by atoms with Crippen molar-refractivity contribution in [1.29, 1.82) is 0 Å². The molecule has 1 aliphatic rings. The first-order chi connectivity index (χ1) is 9.90. The van der Waals surface area contributed by atoms with Crippen molar-refractivity contribution in [2.75, 3.05) is 14.2 Å². The van der Waals surface area contributed by atoms with Crippen molar-refractivity contribution in [3.63, 3.8) is 0 Å². The van der Waals surface area contributed by atoms with Gasteiger partial charge in [-0.3, -0.25) is 0 Å². The molecule has 3 unspecified atom stereocenters. The van der Waals surface area contributed by atoms with E-state index in [0.29, 0.717) is 5.92 Å². The second-order valence-corrected chi connectivity index (χ2v) is 6.88. The number of hydrogen-bond donors (Lipinski definition) is 1. The molecule has 0 radical (unpaired) electrons. The van der Waals surface area contributed by atoms with Crippen LogP contribution in [0.4, 0.5) is 0 Å². The molecule has 21 heavy (non-hydrogen) atoms. The van der Waals surface area contributed by atoms with Crippen molar-refractivity contribution in [2.45, 2.75) is 51.6 Å². The molecule has 0 bridgehead atoms. The molecule has 1 fully saturated rings. The Morgan fingerprint density at radius 3 is 2.43 bits per heavy atom. The first-order valence-corrected chi connectivity index (χ1v) is 7.80. The van der Waals surface area contributed by atoms with Gasteiger partial charge in [-0.1, -0.05) is 27.2 Å². The predicted molar refractivity (Wildman–Crippen MR) is 85.1 cm³/mol. The molecule has 1 aromatic rings. The van der Waals surface area contributed by atoms with Gasteiger partial charge >= 0.3 is 0 Å². The maximum atomic E-state index is 10.6. The lowest BCUT2D eigenvalue weighted by Crippen LogP contribution is -2.41. The number of aliphatic hydroxyl groups is 1. The molecule has 1 saturated carbocycles. The number of rotatable bonds is 4. The van der Waals surface area contributed by atoms with E-state index in [1.165, 1.54) is 6.42 Å². The van der Waals surface area contributed by atoms with Crippen molar-refractivity contribution in [1.82, 2.24) is 0 Å². The smallest absolute Gasteiger partial charge is 0.122 e. The summed E-state index contributed by atoms with van der Waals surface area (Å²) in [5.74, 6) is 2.55. The topological polar surface area (TPSA) is 38.7 Å². The van der Waals surface area contributed by atoms with E-state index in [9.17, 15) is 5.11 Å². The summed E-state index contributed by atoms with van der Waals surface area (Å²) in [4.78, 5) is 0. The predicted octanol–water partition coefficient (Wildman–Crippen LogP) is 3.78. The summed E-state index contributed by atoms with van der Waals surface area (Å²) < 4.78 is 10.9. The van der Waals surface area contributed by atoms with Gasteiger partial charge in [-0.15, -0.1) is 0 Å². The summed E-state index contributed by atoms with van der Waals surface area (Å²) in [5.41, 5.74) is 0.961. The van der Waals surface area contributed by atoms with Gasteiger partial charge in [0.25, 0.3) is 0 Å². The minimum absolute atomic E-state index is 0.153. The fourth-order valence-electron chi connectivity index (χ4n) is 3.71. The van der Waals surface area contributed by atoms with E-state index in [-0.39, 0.29) is 17.4 Å². The SMILES string of the molecule is COc1ccc(OC)c(C(C)(C)C2CCC(C)CC2O)c1. The van der Waals surface area contributed by atoms with Crippen molar-refractivity contribution < 1.29 is 14.6 Å². The maximum Gasteiger partial charge on any atom is 0.122 e. The highest BCUT2D eigenvalue weighted by atomic mass is 16.5. The van der Waals surface area contributed by atoms with E-state index in [0.717, 1.165) is 29.9 Å². The van der Waals surface area contributed by atoms with Gasteiger partial charge in [0.15, 0.2) is 0 Å². The Hall–Kier alpha value is -1.22. The monoisotopic (exact) mass is 292 g/mol. The summed E-state index contributed by atoms with van der Waals surface area (Å²) in [6.07, 6.45) is 2.87. The van der Waals surface area contributed by atoms with Gasteiger partial charge in [0.2, 0.25) is 0 Å². The Balaban J connectivity index is 2.38. The van der Waals surface area contributed by atoms with Crippen molar-refractivity contribution in [3.8, 4) is 11.5 Å². The Kier molecular flexibility index (Phi) is 4.82. The molecule has 3 heteroatoms. The van der Waals surface area contributed by atoms with Crippen LogP contribution in [0.5, 0.6) is 11.5 Å². The third kappa shape index (κ3) is 3.18. The standard InChI is InChI=1S/C18H28O3/c1-12-6-8-14(16(19)10-12)18(2,3)15-11-13(20-4)7-9-17(15)21-5/h7,9,11-12,14,16,19H,6,8,10H2,1-5H3. The molecular formula is C18H28O3. The molecule has 0 amide bonds. The summed E-state index contributed by atoms with van der Waals surface area (Å²) in [6, 6.07) is 5.91. The molecule has 0 spiro atoms. The fourth-order valence-corrected chi connectivity index (χ4v) is 3.71. The third-order valence-corrected chi connectivity index (χ3v) is 5.11. The molecule has 2 rings (SSSR count). The van der Waals surface area contributed by atoms with Crippen molar-refractivity contribution in [2.24, 2.45) is 11.8 Å². The average molecular weight is 292 g/mol. The van der Waals surface area contributed by atoms with Crippen LogP contribution in [0.2, 0.25) is 0 Å². The van der Waals surface area contributed by atoms with Crippen molar-refractivity contribution >= 4 is 0 Å². The van der Waals surface area contributed by atoms with Gasteiger partial charge in [-0.25, -0.2) is 0 Å². The molecule has 0 aromatic heterocycles. The molecule has 118 valence electrons. The highest BCUT2D eigenvalue weighted by molar-refractivity contribution is 5.45. The lowest BCUT2D eigenvalue weighted by Gasteiger charge is -2.42. The number of aliphatic hydroxyl groups excluding tert-OH is 1. The van der Waals surface area contributed by atoms with E-state index in [2.05, 4.69) is 20.8 Å². The molecule has 0 heterocycles. The first kappa shape index (κ1) is 16.2. The van der Waals surface area contributed by atoms with Gasteiger partial charge in [-0.2, -0.15) is 0 Å². The first-order valence-electron chi connectivity index (χ1n) is 7.80. The molecule has 1 N–H and O–H groups in total. The van der Waals surface area contributed by atoms with Crippen molar-refractivity contribution in [3.05, 3.63) is 23.8 Å². The highest BCUT2D eigenvalue weighted by Crippen LogP contribution is 2.45. The molecule has 3 nitrogen and oxygen atoms in total. The van der Waals surface area contributed by atoms with Crippen LogP contribution >= 0.6 is 0 Å². The van der Waals surface area contributed by atoms with Crippen LogP contribution in [-0.2, 0) is 5.41 Å². The molecule has 0 aliphatic heterocycles. The normalized spacial score (nSPS) is 26.5. The second kappa shape index (κ2) is 6.27. The molecular weight excluding hydrogens is 264 g/mol. The van der Waals surface area contributed by atoms with Crippen LogP contribution in [0.25, 0.3) is 0 Å². The number of ether oxygens (including phenoxy) is 2. The van der Waals surface area contributed by atoms with Gasteiger partial charge in [0.1, 0.15) is 11.5 Å². The molecule has 0 saturated heterocycles. The van der Waals surface area contributed by atoms with Crippen LogP contribution in [0.3, 0.4) is 0 Å². The average Bonchev–Trinajstić information content (AvgIpc) is 2.46. The van der Waals surface area contributed by atoms with E-state index in [1.807, 2.05) is 18.2 Å². The zero-order valence-corrected chi connectivity index (χ0v) is 13.8. The van der Waals surface area contributed by atoms with E-state index in [4.69, 9.17) is 9.47 Å². The summed E-state index contributed by atoms with van der Waals surface area (Å²) in [6.45, 7) is 6.63. The largest absolute Gasteiger partial charge is 0.497 e. The van der Waals surface area contributed by atoms with E-state index in [1.54, 1.807) is 14.2 Å². The Morgan fingerprint density at radius 1 is 1.14 bits per heavy atom. The van der Waals surface area contributed by atoms with E-state index >= 15 is 0 Å². The third-order valence-electron chi connectivity index (χ3n) is 5.11. The summed E-state index contributed by atoms with van der Waals surface area (Å²) in [5, 5.41) is 10.6. The van der Waals surface area contributed by atoms with Gasteiger partial charge in [-0.05, 0) is 48.3 Å². The van der Waals surface area contributed by atoms with Crippen LogP contribution in [0, 0.1) is 11.8 Å². The minimum atomic E-state index is -0.250. The Labute approximate surface area is 128 Å². The number of hydrogen-bond acceptors (Lipinski definition) is 3. The van der Waals surface area contributed by atoms with Gasteiger partial charge in [0.05, 0.1) is 20.3 Å². The summed E-state index contributed by atoms with van der Waals surface area (Å²) >= 11 is 0. The zero-order chi connectivity index (χ0) is 15.6. The van der Waals surface area contributed by atoms with Gasteiger partial charge < -0.3 is 14.6 Å². The second-order valence-electron chi connectivity index (χ2n) is 6.88. The van der Waals surface area contributed by atoms with Crippen LogP contribution in [-0.4, -0.2) is 25.4 Å². The van der Waals surface area contributed by atoms with Crippen LogP contribution in [0.1, 0.15) is 45.6 Å². The lowest BCUT2D eigenvalue weighted by molar-refractivity contribution is 0.0137. The Morgan fingerprint density at radius 2 is 1.86 bits per heavy atom. The summed E-state index contributed by atoms with van der Waals surface area (Å²) in [7, 11) is 3.37. The highest BCUT2D eigenvalue weighted by Gasteiger charge is 2.40. The Bertz CT molecular complexity index is 481. The number of methoxy groups -OCH3 is 2. The van der Waals surface area contributed by atoms with Gasteiger partial charge in [0, 0.05) is 5.56 Å². The molecule has 1 aromatic carbocycles. The fraction of sp³-hybridized carbons (Fsp3) is 0.667. The number of benzene rings is 1. The lowest BCUT2D eigenvalue weighted by atomic mass is 9.64. The molecule has 1 aliphatic carbocycles. The minimum Gasteiger partial charge on any atom is -0.497 e. The maximum absolute atomic E-state index is 10.6. The van der Waals surface area contributed by atoms with Crippen LogP contribution < -0.4 is 9.47 Å². The zero-order valence-electron chi connectivity index (χ0n) is 13.8.